The smallest absolute Gasteiger partial charge is 0.246 e. The van der Waals surface area contributed by atoms with E-state index in [1.807, 2.05) is 47.9 Å². The molecule has 1 aromatic heterocycles. The molecule has 21 heavy (non-hydrogen) atoms. The number of carbonyl (C=O) groups excluding carboxylic acids is 1. The van der Waals surface area contributed by atoms with Crippen molar-refractivity contribution in [2.45, 2.75) is 6.54 Å². The van der Waals surface area contributed by atoms with Gasteiger partial charge in [-0.05, 0) is 34.0 Å². The van der Waals surface area contributed by atoms with Gasteiger partial charge in [0, 0.05) is 26.3 Å². The Morgan fingerprint density at radius 2 is 2.10 bits per heavy atom. The molecule has 3 nitrogen and oxygen atoms in total. The van der Waals surface area contributed by atoms with E-state index in [0.29, 0.717) is 19.7 Å². The molecule has 0 fully saturated rings. The number of thiophene rings is 1. The maximum absolute atomic E-state index is 12.3. The zero-order valence-corrected chi connectivity index (χ0v) is 12.9. The predicted molar refractivity (Wildman–Crippen MR) is 87.1 cm³/mol. The molecule has 0 atom stereocenters. The van der Waals surface area contributed by atoms with Gasteiger partial charge < -0.3 is 9.64 Å². The number of carbonyl (C=O) groups is 1. The Bertz CT molecular complexity index is 564. The van der Waals surface area contributed by atoms with Crippen LogP contribution in [0.4, 0.5) is 0 Å². The maximum Gasteiger partial charge on any atom is 0.246 e. The third-order valence-corrected chi connectivity index (χ3v) is 3.78. The molecule has 0 aliphatic carbocycles. The van der Waals surface area contributed by atoms with Crippen molar-refractivity contribution >= 4 is 23.3 Å². The fourth-order valence-corrected chi connectivity index (χ4v) is 2.57. The second kappa shape index (κ2) is 8.39. The number of benzene rings is 1. The summed E-state index contributed by atoms with van der Waals surface area (Å²) in [5.41, 5.74) is 2.17. The Hall–Kier alpha value is -1.91. The molecule has 1 heterocycles. The number of rotatable bonds is 7. The molecule has 2 rings (SSSR count). The standard InChI is InChI=1S/C17H19NO2S/c1-20-11-10-18(13-16-9-12-21-14-16)17(19)8-7-15-5-3-2-4-6-15/h2-9,12,14H,10-11,13H2,1H3/b8-7+. The van der Waals surface area contributed by atoms with Gasteiger partial charge in [-0.15, -0.1) is 0 Å². The van der Waals surface area contributed by atoms with Crippen LogP contribution in [0.5, 0.6) is 0 Å². The van der Waals surface area contributed by atoms with Gasteiger partial charge in [0.2, 0.25) is 5.91 Å². The van der Waals surface area contributed by atoms with E-state index >= 15 is 0 Å². The van der Waals surface area contributed by atoms with Gasteiger partial charge in [0.25, 0.3) is 0 Å². The highest BCUT2D eigenvalue weighted by molar-refractivity contribution is 7.07. The zero-order chi connectivity index (χ0) is 14.9. The van der Waals surface area contributed by atoms with E-state index in [2.05, 4.69) is 5.38 Å². The molecular weight excluding hydrogens is 282 g/mol. The quantitative estimate of drug-likeness (QED) is 0.733. The van der Waals surface area contributed by atoms with E-state index in [0.717, 1.165) is 11.1 Å². The van der Waals surface area contributed by atoms with Gasteiger partial charge in [0.05, 0.1) is 6.61 Å². The first-order valence-electron chi connectivity index (χ1n) is 6.81. The van der Waals surface area contributed by atoms with Crippen molar-refractivity contribution in [3.05, 3.63) is 64.4 Å². The minimum Gasteiger partial charge on any atom is -0.383 e. The van der Waals surface area contributed by atoms with Crippen LogP contribution in [0.15, 0.2) is 53.2 Å². The highest BCUT2D eigenvalue weighted by Gasteiger charge is 2.11. The molecule has 0 saturated heterocycles. The third kappa shape index (κ3) is 5.17. The first-order chi connectivity index (χ1) is 10.3. The van der Waals surface area contributed by atoms with E-state index in [1.54, 1.807) is 29.4 Å². The fraction of sp³-hybridized carbons (Fsp3) is 0.235. The van der Waals surface area contributed by atoms with Crippen molar-refractivity contribution in [3.63, 3.8) is 0 Å². The van der Waals surface area contributed by atoms with Crippen molar-refractivity contribution in [1.29, 1.82) is 0 Å². The first-order valence-corrected chi connectivity index (χ1v) is 7.76. The summed E-state index contributed by atoms with van der Waals surface area (Å²) in [7, 11) is 1.65. The van der Waals surface area contributed by atoms with Gasteiger partial charge in [-0.3, -0.25) is 4.79 Å². The summed E-state index contributed by atoms with van der Waals surface area (Å²) in [4.78, 5) is 14.1. The zero-order valence-electron chi connectivity index (χ0n) is 12.1. The van der Waals surface area contributed by atoms with Crippen molar-refractivity contribution in [3.8, 4) is 0 Å². The molecule has 0 radical (unpaired) electrons. The first kappa shape index (κ1) is 15.5. The van der Waals surface area contributed by atoms with Crippen LogP contribution >= 0.6 is 11.3 Å². The van der Waals surface area contributed by atoms with E-state index in [-0.39, 0.29) is 5.91 Å². The number of nitrogens with zero attached hydrogens (tertiary/aromatic N) is 1. The van der Waals surface area contributed by atoms with Crippen LogP contribution in [-0.2, 0) is 16.1 Å². The van der Waals surface area contributed by atoms with Gasteiger partial charge in [0.1, 0.15) is 0 Å². The molecule has 110 valence electrons. The van der Waals surface area contributed by atoms with Gasteiger partial charge in [0.15, 0.2) is 0 Å². The van der Waals surface area contributed by atoms with Crippen molar-refractivity contribution in [1.82, 2.24) is 4.90 Å². The van der Waals surface area contributed by atoms with Crippen LogP contribution in [0.1, 0.15) is 11.1 Å². The number of hydrogen-bond acceptors (Lipinski definition) is 3. The summed E-state index contributed by atoms with van der Waals surface area (Å²) in [5.74, 6) is 0.00195. The van der Waals surface area contributed by atoms with Crippen LogP contribution in [0.25, 0.3) is 6.08 Å². The van der Waals surface area contributed by atoms with E-state index in [1.165, 1.54) is 0 Å². The summed E-state index contributed by atoms with van der Waals surface area (Å²) in [6.07, 6.45) is 3.47. The van der Waals surface area contributed by atoms with Gasteiger partial charge in [-0.1, -0.05) is 30.3 Å². The maximum atomic E-state index is 12.3. The van der Waals surface area contributed by atoms with Crippen LogP contribution in [0.2, 0.25) is 0 Å². The molecule has 0 aliphatic heterocycles. The van der Waals surface area contributed by atoms with Gasteiger partial charge >= 0.3 is 0 Å². The Balaban J connectivity index is 2.01. The Morgan fingerprint density at radius 3 is 2.76 bits per heavy atom. The summed E-state index contributed by atoms with van der Waals surface area (Å²) >= 11 is 1.64. The van der Waals surface area contributed by atoms with Crippen LogP contribution < -0.4 is 0 Å². The van der Waals surface area contributed by atoms with Crippen LogP contribution in [0, 0.1) is 0 Å². The van der Waals surface area contributed by atoms with Crippen molar-refractivity contribution in [2.75, 3.05) is 20.3 Å². The Labute approximate surface area is 129 Å². The van der Waals surface area contributed by atoms with Gasteiger partial charge in [-0.25, -0.2) is 0 Å². The Morgan fingerprint density at radius 1 is 1.29 bits per heavy atom. The number of ether oxygens (including phenoxy) is 1. The molecule has 0 spiro atoms. The van der Waals surface area contributed by atoms with Crippen LogP contribution in [-0.4, -0.2) is 31.1 Å². The molecule has 0 N–H and O–H groups in total. The average Bonchev–Trinajstić information content (AvgIpc) is 3.03. The Kier molecular flexibility index (Phi) is 6.19. The fourth-order valence-electron chi connectivity index (χ4n) is 1.91. The molecular formula is C17H19NO2S. The lowest BCUT2D eigenvalue weighted by atomic mass is 10.2. The molecule has 0 unspecified atom stereocenters. The summed E-state index contributed by atoms with van der Waals surface area (Å²) < 4.78 is 5.09. The highest BCUT2D eigenvalue weighted by atomic mass is 32.1. The van der Waals surface area contributed by atoms with Crippen molar-refractivity contribution in [2.24, 2.45) is 0 Å². The van der Waals surface area contributed by atoms with Crippen LogP contribution in [0.3, 0.4) is 0 Å². The summed E-state index contributed by atoms with van der Waals surface area (Å²) in [6, 6.07) is 11.9. The molecule has 4 heteroatoms. The molecule has 0 aliphatic rings. The number of amides is 1. The minimum absolute atomic E-state index is 0.00195. The van der Waals surface area contributed by atoms with Crippen molar-refractivity contribution < 1.29 is 9.53 Å². The van der Waals surface area contributed by atoms with E-state index in [4.69, 9.17) is 4.74 Å². The van der Waals surface area contributed by atoms with Gasteiger partial charge in [-0.2, -0.15) is 11.3 Å². The second-order valence-corrected chi connectivity index (χ2v) is 5.41. The molecule has 2 aromatic rings. The lowest BCUT2D eigenvalue weighted by molar-refractivity contribution is -0.127. The second-order valence-electron chi connectivity index (χ2n) is 4.63. The van der Waals surface area contributed by atoms with E-state index < -0.39 is 0 Å². The van der Waals surface area contributed by atoms with E-state index in [9.17, 15) is 4.79 Å². The SMILES string of the molecule is COCCN(Cc1ccsc1)C(=O)/C=C/c1ccccc1. The predicted octanol–water partition coefficient (Wildman–Crippen LogP) is 3.44. The number of methoxy groups -OCH3 is 1. The average molecular weight is 301 g/mol. The minimum atomic E-state index is 0.00195. The summed E-state index contributed by atoms with van der Waals surface area (Å²) in [6.45, 7) is 1.74. The highest BCUT2D eigenvalue weighted by Crippen LogP contribution is 2.10. The molecule has 0 bridgehead atoms. The lowest BCUT2D eigenvalue weighted by Gasteiger charge is -2.20. The largest absolute Gasteiger partial charge is 0.383 e. The topological polar surface area (TPSA) is 29.5 Å². The molecule has 1 aromatic carbocycles. The normalized spacial score (nSPS) is 10.9. The molecule has 1 amide bonds. The number of hydrogen-bond donors (Lipinski definition) is 0. The monoisotopic (exact) mass is 301 g/mol. The lowest BCUT2D eigenvalue weighted by Crippen LogP contribution is -2.31. The molecule has 0 saturated carbocycles. The summed E-state index contributed by atoms with van der Waals surface area (Å²) in [5, 5.41) is 4.09. The third-order valence-electron chi connectivity index (χ3n) is 3.05.